The van der Waals surface area contributed by atoms with Crippen molar-refractivity contribution in [1.29, 1.82) is 0 Å². The molecular formula is C15H17FN2O2S. The van der Waals surface area contributed by atoms with Crippen molar-refractivity contribution in [1.82, 2.24) is 5.32 Å². The molecule has 4 nitrogen and oxygen atoms in total. The number of rotatable bonds is 5. The van der Waals surface area contributed by atoms with E-state index in [4.69, 9.17) is 5.14 Å². The first kappa shape index (κ1) is 15.6. The topological polar surface area (TPSA) is 72.2 Å². The number of hydrogen-bond acceptors (Lipinski definition) is 3. The minimum absolute atomic E-state index is 0.0978. The van der Waals surface area contributed by atoms with Crippen LogP contribution >= 0.6 is 0 Å². The fourth-order valence-electron chi connectivity index (χ4n) is 2.00. The average Bonchev–Trinajstić information content (AvgIpc) is 2.41. The molecule has 0 aliphatic heterocycles. The van der Waals surface area contributed by atoms with Gasteiger partial charge in [0.2, 0.25) is 10.0 Å². The highest BCUT2D eigenvalue weighted by Gasteiger charge is 2.06. The molecule has 0 amide bonds. The summed E-state index contributed by atoms with van der Waals surface area (Å²) in [5, 5.41) is 8.27. The van der Waals surface area contributed by atoms with E-state index in [0.717, 1.165) is 16.7 Å². The highest BCUT2D eigenvalue weighted by Crippen LogP contribution is 2.11. The summed E-state index contributed by atoms with van der Waals surface area (Å²) in [6, 6.07) is 11.1. The Labute approximate surface area is 123 Å². The third-order valence-corrected chi connectivity index (χ3v) is 4.13. The number of hydrogen-bond donors (Lipinski definition) is 2. The highest BCUT2D eigenvalue weighted by atomic mass is 32.2. The molecule has 0 heterocycles. The van der Waals surface area contributed by atoms with Crippen molar-refractivity contribution in [3.05, 3.63) is 65.0 Å². The second-order valence-electron chi connectivity index (χ2n) is 4.86. The lowest BCUT2D eigenvalue weighted by Gasteiger charge is -2.08. The molecule has 3 N–H and O–H groups in total. The van der Waals surface area contributed by atoms with Crippen molar-refractivity contribution < 1.29 is 12.8 Å². The van der Waals surface area contributed by atoms with Gasteiger partial charge >= 0.3 is 0 Å². The average molecular weight is 308 g/mol. The Balaban J connectivity index is 1.94. The maximum atomic E-state index is 13.0. The predicted octanol–water partition coefficient (Wildman–Crippen LogP) is 2.07. The van der Waals surface area contributed by atoms with Crippen LogP contribution in [0.25, 0.3) is 0 Å². The van der Waals surface area contributed by atoms with Crippen molar-refractivity contribution in [2.75, 3.05) is 0 Å². The number of aryl methyl sites for hydroxylation is 1. The molecule has 2 aromatic carbocycles. The Kier molecular flexibility index (Phi) is 4.72. The van der Waals surface area contributed by atoms with Crippen LogP contribution < -0.4 is 10.5 Å². The van der Waals surface area contributed by atoms with Crippen LogP contribution in [0.3, 0.4) is 0 Å². The smallest absolute Gasteiger partial charge is 0.238 e. The molecular weight excluding hydrogens is 291 g/mol. The lowest BCUT2D eigenvalue weighted by molar-refractivity contribution is 0.597. The third-order valence-electron chi connectivity index (χ3n) is 3.20. The maximum absolute atomic E-state index is 13.0. The number of nitrogens with one attached hydrogen (secondary N) is 1. The minimum Gasteiger partial charge on any atom is -0.309 e. The van der Waals surface area contributed by atoms with Crippen LogP contribution in [0.15, 0.2) is 47.4 Å². The van der Waals surface area contributed by atoms with Gasteiger partial charge in [-0.25, -0.2) is 17.9 Å². The molecule has 0 atom stereocenters. The minimum atomic E-state index is -3.65. The summed E-state index contributed by atoms with van der Waals surface area (Å²) in [7, 11) is -3.65. The van der Waals surface area contributed by atoms with E-state index < -0.39 is 10.0 Å². The SMILES string of the molecule is Cc1cc(F)ccc1CNCc1ccc(S(N)(=O)=O)cc1. The van der Waals surface area contributed by atoms with Gasteiger partial charge in [0.05, 0.1) is 4.90 Å². The van der Waals surface area contributed by atoms with Gasteiger partial charge in [0.1, 0.15) is 5.82 Å². The van der Waals surface area contributed by atoms with E-state index in [1.54, 1.807) is 18.2 Å². The van der Waals surface area contributed by atoms with Gasteiger partial charge in [-0.15, -0.1) is 0 Å². The van der Waals surface area contributed by atoms with E-state index in [2.05, 4.69) is 5.32 Å². The van der Waals surface area contributed by atoms with Gasteiger partial charge in [0.15, 0.2) is 0 Å². The first-order valence-electron chi connectivity index (χ1n) is 6.44. The van der Waals surface area contributed by atoms with Gasteiger partial charge in [0, 0.05) is 13.1 Å². The Morgan fingerprint density at radius 3 is 2.33 bits per heavy atom. The zero-order valence-corrected chi connectivity index (χ0v) is 12.5. The quantitative estimate of drug-likeness (QED) is 0.888. The number of sulfonamides is 1. The summed E-state index contributed by atoms with van der Waals surface area (Å²) in [5.41, 5.74) is 2.87. The number of benzene rings is 2. The van der Waals surface area contributed by atoms with Gasteiger partial charge < -0.3 is 5.32 Å². The van der Waals surface area contributed by atoms with Crippen molar-refractivity contribution in [3.63, 3.8) is 0 Å². The van der Waals surface area contributed by atoms with Crippen LogP contribution in [0.5, 0.6) is 0 Å². The monoisotopic (exact) mass is 308 g/mol. The van der Waals surface area contributed by atoms with E-state index in [-0.39, 0.29) is 10.7 Å². The van der Waals surface area contributed by atoms with Crippen LogP contribution in [-0.2, 0) is 23.1 Å². The molecule has 0 spiro atoms. The molecule has 0 saturated carbocycles. The number of primary sulfonamides is 1. The van der Waals surface area contributed by atoms with E-state index in [0.29, 0.717) is 13.1 Å². The van der Waals surface area contributed by atoms with Gasteiger partial charge in [-0.3, -0.25) is 0 Å². The van der Waals surface area contributed by atoms with E-state index >= 15 is 0 Å². The van der Waals surface area contributed by atoms with Gasteiger partial charge in [-0.2, -0.15) is 0 Å². The lowest BCUT2D eigenvalue weighted by atomic mass is 10.1. The Morgan fingerprint density at radius 2 is 1.76 bits per heavy atom. The van der Waals surface area contributed by atoms with Crippen LogP contribution in [0.2, 0.25) is 0 Å². The second-order valence-corrected chi connectivity index (χ2v) is 6.42. The summed E-state index contributed by atoms with van der Waals surface area (Å²) in [4.78, 5) is 0.0978. The molecule has 0 aliphatic carbocycles. The van der Waals surface area contributed by atoms with Crippen molar-refractivity contribution in [2.24, 2.45) is 5.14 Å². The molecule has 0 aliphatic rings. The molecule has 6 heteroatoms. The molecule has 21 heavy (non-hydrogen) atoms. The Bertz CT molecular complexity index is 728. The summed E-state index contributed by atoms with van der Waals surface area (Å²) in [5.74, 6) is -0.241. The maximum Gasteiger partial charge on any atom is 0.238 e. The van der Waals surface area contributed by atoms with Gasteiger partial charge in [0.25, 0.3) is 0 Å². The van der Waals surface area contributed by atoms with Gasteiger partial charge in [-0.05, 0) is 47.9 Å². The fourth-order valence-corrected chi connectivity index (χ4v) is 2.51. The number of halogens is 1. The molecule has 2 rings (SSSR count). The molecule has 0 saturated heterocycles. The summed E-state index contributed by atoms with van der Waals surface area (Å²) < 4.78 is 35.3. The van der Waals surface area contributed by atoms with Crippen molar-refractivity contribution in [3.8, 4) is 0 Å². The normalized spacial score (nSPS) is 11.6. The van der Waals surface area contributed by atoms with Gasteiger partial charge in [-0.1, -0.05) is 18.2 Å². The third kappa shape index (κ3) is 4.35. The van der Waals surface area contributed by atoms with Crippen molar-refractivity contribution >= 4 is 10.0 Å². The first-order valence-corrected chi connectivity index (χ1v) is 7.98. The van der Waals surface area contributed by atoms with E-state index in [1.165, 1.54) is 24.3 Å². The molecule has 0 radical (unpaired) electrons. The summed E-state index contributed by atoms with van der Waals surface area (Å²) in [6.45, 7) is 3.06. The molecule has 0 aromatic heterocycles. The highest BCUT2D eigenvalue weighted by molar-refractivity contribution is 7.89. The lowest BCUT2D eigenvalue weighted by Crippen LogP contribution is -2.14. The first-order chi connectivity index (χ1) is 9.86. The molecule has 0 bridgehead atoms. The number of nitrogens with two attached hydrogens (primary N) is 1. The Morgan fingerprint density at radius 1 is 1.10 bits per heavy atom. The molecule has 2 aromatic rings. The van der Waals surface area contributed by atoms with Crippen molar-refractivity contribution in [2.45, 2.75) is 24.9 Å². The summed E-state index contributed by atoms with van der Waals surface area (Å²) >= 11 is 0. The Hall–Kier alpha value is -1.76. The largest absolute Gasteiger partial charge is 0.309 e. The predicted molar refractivity (Wildman–Crippen MR) is 79.5 cm³/mol. The van der Waals surface area contributed by atoms with Crippen LogP contribution in [-0.4, -0.2) is 8.42 Å². The van der Waals surface area contributed by atoms with Crippen LogP contribution in [0.1, 0.15) is 16.7 Å². The van der Waals surface area contributed by atoms with E-state index in [9.17, 15) is 12.8 Å². The molecule has 112 valence electrons. The van der Waals surface area contributed by atoms with E-state index in [1.807, 2.05) is 6.92 Å². The fraction of sp³-hybridized carbons (Fsp3) is 0.200. The second kappa shape index (κ2) is 6.34. The van der Waals surface area contributed by atoms with Crippen LogP contribution in [0, 0.1) is 12.7 Å². The molecule has 0 unspecified atom stereocenters. The standard InChI is InChI=1S/C15H17FN2O2S/c1-11-8-14(16)5-4-13(11)10-18-9-12-2-6-15(7-3-12)21(17,19)20/h2-8,18H,9-10H2,1H3,(H2,17,19,20). The molecule has 0 fully saturated rings. The van der Waals surface area contributed by atoms with Crippen LogP contribution in [0.4, 0.5) is 4.39 Å². The summed E-state index contributed by atoms with van der Waals surface area (Å²) in [6.07, 6.45) is 0. The zero-order valence-electron chi connectivity index (χ0n) is 11.6. The zero-order chi connectivity index (χ0) is 15.5.